The van der Waals surface area contributed by atoms with Gasteiger partial charge in [-0.05, 0) is 51.3 Å². The molecule has 14 heteroatoms. The second-order valence-corrected chi connectivity index (χ2v) is 13.1. The lowest BCUT2D eigenvalue weighted by Gasteiger charge is -2.35. The maximum atomic E-state index is 15.9. The Balaban J connectivity index is 1.54. The minimum atomic E-state index is -3.12. The summed E-state index contributed by atoms with van der Waals surface area (Å²) in [6.45, 7) is 8.76. The number of aliphatic carboxylic acids is 1. The van der Waals surface area contributed by atoms with Crippen LogP contribution in [0.4, 0.5) is 13.2 Å². The normalized spacial score (nSPS) is 24.0. The van der Waals surface area contributed by atoms with Crippen LogP contribution in [0.5, 0.6) is 0 Å². The number of hydrogen-bond donors (Lipinski definition) is 2. The van der Waals surface area contributed by atoms with E-state index < -0.39 is 53.8 Å². The smallest absolute Gasteiger partial charge is 0.338 e. The van der Waals surface area contributed by atoms with Gasteiger partial charge in [0, 0.05) is 49.5 Å². The van der Waals surface area contributed by atoms with Crippen molar-refractivity contribution >= 4 is 29.1 Å². The van der Waals surface area contributed by atoms with Crippen molar-refractivity contribution in [1.29, 1.82) is 0 Å². The first-order valence-electron chi connectivity index (χ1n) is 15.1. The molecule has 3 atom stereocenters. The number of benzene rings is 1. The van der Waals surface area contributed by atoms with Crippen molar-refractivity contribution < 1.29 is 32.6 Å². The number of nitrogens with one attached hydrogen (secondary N) is 1. The Labute approximate surface area is 264 Å². The molecule has 1 aromatic carbocycles. The number of fused-ring (bicyclic) bond motifs is 1. The molecule has 244 valence electrons. The third kappa shape index (κ3) is 6.38. The van der Waals surface area contributed by atoms with Crippen molar-refractivity contribution in [1.82, 2.24) is 25.2 Å². The molecule has 5 rings (SSSR count). The molecule has 0 amide bonds. The summed E-state index contributed by atoms with van der Waals surface area (Å²) in [6.07, 6.45) is 1.81. The van der Waals surface area contributed by atoms with Crippen LogP contribution in [0, 0.1) is 18.2 Å². The number of halogens is 3. The van der Waals surface area contributed by atoms with Crippen molar-refractivity contribution in [3.63, 3.8) is 0 Å². The maximum Gasteiger partial charge on any atom is 0.338 e. The second kappa shape index (κ2) is 12.8. The predicted molar refractivity (Wildman–Crippen MR) is 163 cm³/mol. The van der Waals surface area contributed by atoms with E-state index in [4.69, 9.17) is 9.73 Å². The maximum absolute atomic E-state index is 15.9. The zero-order chi connectivity index (χ0) is 32.7. The molecule has 4 heterocycles. The number of hydrogen-bond acceptors (Lipinski definition) is 10. The van der Waals surface area contributed by atoms with Gasteiger partial charge in [-0.25, -0.2) is 33.0 Å². The van der Waals surface area contributed by atoms with Crippen LogP contribution in [0.1, 0.15) is 56.3 Å². The number of thiazole rings is 1. The van der Waals surface area contributed by atoms with E-state index in [0.717, 1.165) is 0 Å². The lowest BCUT2D eigenvalue weighted by molar-refractivity contribution is -0.149. The molecule has 0 saturated carbocycles. The van der Waals surface area contributed by atoms with E-state index in [-0.39, 0.29) is 31.7 Å². The fraction of sp³-hybridized carbons (Fsp3) is 0.548. The number of esters is 1. The quantitative estimate of drug-likeness (QED) is 0.346. The van der Waals surface area contributed by atoms with Gasteiger partial charge in [0.15, 0.2) is 10.8 Å². The molecule has 45 heavy (non-hydrogen) atoms. The van der Waals surface area contributed by atoms with Gasteiger partial charge in [-0.1, -0.05) is 19.1 Å². The van der Waals surface area contributed by atoms with Crippen molar-refractivity contribution in [2.45, 2.75) is 65.1 Å². The molecule has 1 aromatic heterocycles. The van der Waals surface area contributed by atoms with E-state index in [1.54, 1.807) is 61.3 Å². The molecular formula is C31H39F3N6O4S. The monoisotopic (exact) mass is 648 g/mol. The summed E-state index contributed by atoms with van der Waals surface area (Å²) in [5.74, 6) is -4.88. The van der Waals surface area contributed by atoms with Crippen LogP contribution in [0.15, 0.2) is 46.0 Å². The molecule has 0 unspecified atom stereocenters. The number of ether oxygens (including phenoxy) is 1. The topological polar surface area (TPSA) is 111 Å². The van der Waals surface area contributed by atoms with E-state index in [2.05, 4.69) is 10.3 Å². The molecule has 0 radical (unpaired) electrons. The average Bonchev–Trinajstić information content (AvgIpc) is 3.70. The van der Waals surface area contributed by atoms with Gasteiger partial charge in [-0.15, -0.1) is 11.3 Å². The Morgan fingerprint density at radius 1 is 1.27 bits per heavy atom. The molecule has 2 aromatic rings. The van der Waals surface area contributed by atoms with Crippen LogP contribution in [0.2, 0.25) is 0 Å². The van der Waals surface area contributed by atoms with Crippen LogP contribution in [-0.4, -0.2) is 100 Å². The number of carbonyl (C=O) groups excluding carboxylic acids is 1. The molecular weight excluding hydrogens is 609 g/mol. The number of likely N-dealkylation sites (tertiary alicyclic amines) is 1. The highest BCUT2D eigenvalue weighted by atomic mass is 32.1. The number of hydrazine groups is 1. The molecule has 0 spiro atoms. The number of aromatic nitrogens is 1. The van der Waals surface area contributed by atoms with Gasteiger partial charge in [0.1, 0.15) is 17.9 Å². The molecule has 2 N–H and O–H groups in total. The molecule has 0 bridgehead atoms. The molecule has 0 aliphatic carbocycles. The number of amidine groups is 1. The zero-order valence-corrected chi connectivity index (χ0v) is 26.8. The van der Waals surface area contributed by atoms with E-state index in [1.807, 2.05) is 11.9 Å². The van der Waals surface area contributed by atoms with E-state index in [9.17, 15) is 19.1 Å². The van der Waals surface area contributed by atoms with Crippen molar-refractivity contribution in [3.05, 3.63) is 63.0 Å². The summed E-state index contributed by atoms with van der Waals surface area (Å²) in [5, 5.41) is 18.6. The summed E-state index contributed by atoms with van der Waals surface area (Å²) >= 11 is 1.32. The third-order valence-electron chi connectivity index (χ3n) is 8.89. The fourth-order valence-electron chi connectivity index (χ4n) is 6.32. The summed E-state index contributed by atoms with van der Waals surface area (Å²) in [7, 11) is 0. The molecule has 10 nitrogen and oxygen atoms in total. The Morgan fingerprint density at radius 3 is 2.67 bits per heavy atom. The van der Waals surface area contributed by atoms with Crippen molar-refractivity contribution in [2.75, 3.05) is 39.3 Å². The van der Waals surface area contributed by atoms with Gasteiger partial charge in [-0.3, -0.25) is 14.7 Å². The predicted octanol–water partition coefficient (Wildman–Crippen LogP) is 4.24. The van der Waals surface area contributed by atoms with Gasteiger partial charge in [0.25, 0.3) is 5.92 Å². The van der Waals surface area contributed by atoms with Gasteiger partial charge in [0.05, 0.1) is 24.1 Å². The lowest BCUT2D eigenvalue weighted by atomic mass is 9.89. The van der Waals surface area contributed by atoms with Crippen LogP contribution < -0.4 is 5.32 Å². The Kier molecular flexibility index (Phi) is 9.41. The minimum absolute atomic E-state index is 0.0494. The number of likely N-dealkylation sites (N-methyl/N-ethyl adjacent to an activating group) is 1. The summed E-state index contributed by atoms with van der Waals surface area (Å²) in [4.78, 5) is 36.1. The molecule has 2 fully saturated rings. The first-order chi connectivity index (χ1) is 21.3. The highest BCUT2D eigenvalue weighted by molar-refractivity contribution is 7.11. The lowest BCUT2D eigenvalue weighted by Crippen LogP contribution is -2.50. The van der Waals surface area contributed by atoms with Gasteiger partial charge in [-0.2, -0.15) is 0 Å². The fourth-order valence-corrected chi connectivity index (χ4v) is 6.91. The Bertz CT molecular complexity index is 1500. The number of rotatable bonds is 11. The highest BCUT2D eigenvalue weighted by Gasteiger charge is 2.61. The van der Waals surface area contributed by atoms with Gasteiger partial charge < -0.3 is 15.2 Å². The number of aliphatic imine (C=N–C) groups is 1. The van der Waals surface area contributed by atoms with E-state index >= 15 is 8.78 Å². The van der Waals surface area contributed by atoms with Gasteiger partial charge >= 0.3 is 11.9 Å². The number of nitrogens with zero attached hydrogens (tertiary/aromatic N) is 5. The molecule has 3 aliphatic rings. The summed E-state index contributed by atoms with van der Waals surface area (Å²) < 4.78 is 52.1. The van der Waals surface area contributed by atoms with E-state index in [0.29, 0.717) is 40.8 Å². The third-order valence-corrected chi connectivity index (χ3v) is 9.67. The van der Waals surface area contributed by atoms with E-state index in [1.165, 1.54) is 17.4 Å². The molecule has 3 aliphatic heterocycles. The largest absolute Gasteiger partial charge is 0.481 e. The van der Waals surface area contributed by atoms with Gasteiger partial charge in [0.2, 0.25) is 0 Å². The minimum Gasteiger partial charge on any atom is -0.481 e. The van der Waals surface area contributed by atoms with Crippen molar-refractivity contribution in [2.24, 2.45) is 10.4 Å². The number of carbonyl (C=O) groups is 2. The van der Waals surface area contributed by atoms with Crippen molar-refractivity contribution in [3.8, 4) is 0 Å². The standard InChI is InChI=1S/C31H39F3N6O4S/c1-6-39-16-22-25(40(39)13-11-30(4,5)29(42)43)31(33,34)17-38(22)15-21-23(28(41)44-7-2)24(19-9-8-10-20(32)18(19)3)37-26(36-21)27-35-12-14-45-27/h8-10,12,14,22,24-25H,6-7,11,13,15-17H2,1-5H3,(H,36,37)(H,42,43)/t22-,24-,25+/m0/s1. The zero-order valence-electron chi connectivity index (χ0n) is 26.0. The Morgan fingerprint density at radius 2 is 2.02 bits per heavy atom. The number of carboxylic acids is 1. The number of alkyl halides is 2. The summed E-state index contributed by atoms with van der Waals surface area (Å²) in [6, 6.07) is 1.83. The number of carboxylic acid groups (broad SMARTS) is 1. The molecule has 2 saturated heterocycles. The first-order valence-corrected chi connectivity index (χ1v) is 15.9. The Hall–Kier alpha value is -3.33. The van der Waals surface area contributed by atoms with Crippen LogP contribution >= 0.6 is 11.3 Å². The average molecular weight is 649 g/mol. The highest BCUT2D eigenvalue weighted by Crippen LogP contribution is 2.43. The van der Waals surface area contributed by atoms with Crippen LogP contribution in [0.25, 0.3) is 0 Å². The SMILES string of the molecule is CCOC(=O)C1=C(CN2CC(F)(F)[C@H]3[C@@H]2CN(CC)N3CCC(C)(C)C(=O)O)NC(c2nccs2)=N[C@H]1c1cccc(F)c1C. The first kappa shape index (κ1) is 33.0. The summed E-state index contributed by atoms with van der Waals surface area (Å²) in [5.41, 5.74) is 0.164. The second-order valence-electron chi connectivity index (χ2n) is 12.2. The van der Waals surface area contributed by atoms with Crippen LogP contribution in [0.3, 0.4) is 0 Å². The van der Waals surface area contributed by atoms with Crippen LogP contribution in [-0.2, 0) is 14.3 Å².